The van der Waals surface area contributed by atoms with E-state index in [2.05, 4.69) is 10.2 Å². The van der Waals surface area contributed by atoms with Crippen molar-refractivity contribution in [3.8, 4) is 0 Å². The lowest BCUT2D eigenvalue weighted by Crippen LogP contribution is -2.33. The fourth-order valence-corrected chi connectivity index (χ4v) is 2.06. The topological polar surface area (TPSA) is 35.5 Å². The first-order valence-corrected chi connectivity index (χ1v) is 6.26. The van der Waals surface area contributed by atoms with Crippen LogP contribution in [0.1, 0.15) is 11.6 Å². The van der Waals surface area contributed by atoms with Crippen molar-refractivity contribution < 1.29 is 5.11 Å². The number of nitrogens with one attached hydrogen (secondary N) is 1. The minimum absolute atomic E-state index is 0. The molecule has 0 spiro atoms. The van der Waals surface area contributed by atoms with Gasteiger partial charge < -0.3 is 10.4 Å². The van der Waals surface area contributed by atoms with E-state index < -0.39 is 0 Å². The Bertz CT molecular complexity index is 366. The molecule has 1 aromatic rings. The van der Waals surface area contributed by atoms with Gasteiger partial charge in [-0.25, -0.2) is 0 Å². The fourth-order valence-electron chi connectivity index (χ4n) is 1.75. The highest BCUT2D eigenvalue weighted by Gasteiger charge is 2.16. The van der Waals surface area contributed by atoms with Crippen molar-refractivity contribution >= 4 is 48.0 Å². The van der Waals surface area contributed by atoms with Gasteiger partial charge in [-0.3, -0.25) is 4.90 Å². The first-order valence-electron chi connectivity index (χ1n) is 5.50. The minimum Gasteiger partial charge on any atom is -0.395 e. The Labute approximate surface area is 137 Å². The molecule has 0 aliphatic heterocycles. The van der Waals surface area contributed by atoms with Gasteiger partial charge in [-0.05, 0) is 31.8 Å². The molecule has 1 atom stereocenters. The van der Waals surface area contributed by atoms with Gasteiger partial charge in [0.05, 0.1) is 16.7 Å². The molecule has 0 radical (unpaired) electrons. The van der Waals surface area contributed by atoms with Crippen molar-refractivity contribution in [2.75, 3.05) is 33.8 Å². The van der Waals surface area contributed by atoms with E-state index in [1.807, 2.05) is 26.2 Å². The molecule has 2 N–H and O–H groups in total. The number of benzene rings is 1. The summed E-state index contributed by atoms with van der Waals surface area (Å²) in [6.07, 6.45) is 0. The van der Waals surface area contributed by atoms with Crippen LogP contribution >= 0.6 is 48.0 Å². The van der Waals surface area contributed by atoms with Crippen molar-refractivity contribution in [3.05, 3.63) is 33.8 Å². The van der Waals surface area contributed by atoms with E-state index in [0.717, 1.165) is 12.1 Å². The van der Waals surface area contributed by atoms with E-state index in [4.69, 9.17) is 28.3 Å². The Balaban J connectivity index is 0. The summed E-state index contributed by atoms with van der Waals surface area (Å²) in [6, 6.07) is 5.81. The van der Waals surface area contributed by atoms with Crippen molar-refractivity contribution in [1.29, 1.82) is 0 Å². The lowest BCUT2D eigenvalue weighted by atomic mass is 10.1. The number of aliphatic hydroxyl groups is 1. The maximum Gasteiger partial charge on any atom is 0.0595 e. The molecular formula is C12H20Cl4N2O. The lowest BCUT2D eigenvalue weighted by molar-refractivity contribution is 0.179. The molecule has 112 valence electrons. The smallest absolute Gasteiger partial charge is 0.0595 e. The number of aliphatic hydroxyl groups excluding tert-OH is 1. The van der Waals surface area contributed by atoms with Crippen molar-refractivity contribution in [2.24, 2.45) is 0 Å². The van der Waals surface area contributed by atoms with Gasteiger partial charge in [-0.2, -0.15) is 0 Å². The molecule has 0 saturated heterocycles. The van der Waals surface area contributed by atoms with Gasteiger partial charge in [0.2, 0.25) is 0 Å². The van der Waals surface area contributed by atoms with E-state index >= 15 is 0 Å². The molecule has 0 bridgehead atoms. The molecule has 7 heteroatoms. The summed E-state index contributed by atoms with van der Waals surface area (Å²) in [5.74, 6) is 0. The number of likely N-dealkylation sites (N-methyl/N-ethyl adjacent to an activating group) is 2. The predicted molar refractivity (Wildman–Crippen MR) is 87.3 cm³/mol. The Morgan fingerprint density at radius 3 is 2.37 bits per heavy atom. The first kappa shape index (κ1) is 21.6. The molecule has 0 fully saturated rings. The summed E-state index contributed by atoms with van der Waals surface area (Å²) in [7, 11) is 3.87. The van der Waals surface area contributed by atoms with Crippen LogP contribution in [0.4, 0.5) is 0 Å². The first-order chi connectivity index (χ1) is 8.10. The Morgan fingerprint density at radius 1 is 1.26 bits per heavy atom. The third-order valence-electron chi connectivity index (χ3n) is 2.71. The van der Waals surface area contributed by atoms with Crippen LogP contribution in [0, 0.1) is 0 Å². The second-order valence-corrected chi connectivity index (χ2v) is 4.77. The summed E-state index contributed by atoms with van der Waals surface area (Å²) >= 11 is 11.9. The molecule has 0 amide bonds. The van der Waals surface area contributed by atoms with Gasteiger partial charge in [0.15, 0.2) is 0 Å². The number of halogens is 4. The summed E-state index contributed by atoms with van der Waals surface area (Å²) in [6.45, 7) is 1.54. The zero-order valence-electron chi connectivity index (χ0n) is 10.9. The van der Waals surface area contributed by atoms with Gasteiger partial charge in [-0.1, -0.05) is 29.3 Å². The molecule has 1 unspecified atom stereocenters. The maximum atomic E-state index is 8.99. The van der Waals surface area contributed by atoms with Crippen molar-refractivity contribution in [1.82, 2.24) is 10.2 Å². The van der Waals surface area contributed by atoms with Crippen LogP contribution in [-0.4, -0.2) is 43.8 Å². The molecule has 1 aromatic carbocycles. The van der Waals surface area contributed by atoms with E-state index in [9.17, 15) is 0 Å². The van der Waals surface area contributed by atoms with Crippen LogP contribution in [-0.2, 0) is 0 Å². The quantitative estimate of drug-likeness (QED) is 0.828. The standard InChI is InChI=1S/C12H18Cl2N2O.2ClH/c1-15-8-12(16(2)5-6-17)9-3-4-10(13)11(14)7-9;;/h3-4,7,12,15,17H,5-6,8H2,1-2H3;2*1H. The zero-order valence-corrected chi connectivity index (χ0v) is 14.0. The molecule has 0 aliphatic rings. The molecule has 0 heterocycles. The number of hydrogen-bond acceptors (Lipinski definition) is 3. The number of nitrogens with zero attached hydrogens (tertiary/aromatic N) is 1. The average Bonchev–Trinajstić information content (AvgIpc) is 2.30. The van der Waals surface area contributed by atoms with E-state index in [-0.39, 0.29) is 37.5 Å². The average molecular weight is 350 g/mol. The van der Waals surface area contributed by atoms with Crippen LogP contribution in [0.15, 0.2) is 18.2 Å². The second-order valence-electron chi connectivity index (χ2n) is 3.95. The Hall–Kier alpha value is 0.260. The Morgan fingerprint density at radius 2 is 1.89 bits per heavy atom. The summed E-state index contributed by atoms with van der Waals surface area (Å²) in [5.41, 5.74) is 1.09. The normalized spacial score (nSPS) is 11.7. The van der Waals surface area contributed by atoms with Gasteiger partial charge in [0, 0.05) is 19.1 Å². The van der Waals surface area contributed by atoms with E-state index in [1.54, 1.807) is 6.07 Å². The third-order valence-corrected chi connectivity index (χ3v) is 3.45. The van der Waals surface area contributed by atoms with Gasteiger partial charge in [0.25, 0.3) is 0 Å². The number of hydrogen-bond donors (Lipinski definition) is 2. The van der Waals surface area contributed by atoms with E-state index in [1.165, 1.54) is 0 Å². The number of rotatable bonds is 6. The molecule has 19 heavy (non-hydrogen) atoms. The van der Waals surface area contributed by atoms with Crippen LogP contribution in [0.3, 0.4) is 0 Å². The van der Waals surface area contributed by atoms with Crippen LogP contribution in [0.2, 0.25) is 10.0 Å². The molecule has 1 rings (SSSR count). The van der Waals surface area contributed by atoms with Crippen LogP contribution in [0.5, 0.6) is 0 Å². The SMILES string of the molecule is CNCC(c1ccc(Cl)c(Cl)c1)N(C)CCO.Cl.Cl. The molecular weight excluding hydrogens is 330 g/mol. The highest BCUT2D eigenvalue weighted by molar-refractivity contribution is 6.42. The highest BCUT2D eigenvalue weighted by Crippen LogP contribution is 2.27. The van der Waals surface area contributed by atoms with Gasteiger partial charge >= 0.3 is 0 Å². The third kappa shape index (κ3) is 6.50. The molecule has 0 aromatic heterocycles. The van der Waals surface area contributed by atoms with Crippen LogP contribution in [0.25, 0.3) is 0 Å². The monoisotopic (exact) mass is 348 g/mol. The van der Waals surface area contributed by atoms with Crippen molar-refractivity contribution in [2.45, 2.75) is 6.04 Å². The fraction of sp³-hybridized carbons (Fsp3) is 0.500. The lowest BCUT2D eigenvalue weighted by Gasteiger charge is -2.28. The second kappa shape index (κ2) is 11.0. The molecule has 3 nitrogen and oxygen atoms in total. The van der Waals surface area contributed by atoms with Crippen LogP contribution < -0.4 is 5.32 Å². The molecule has 0 aliphatic carbocycles. The summed E-state index contributed by atoms with van der Waals surface area (Å²) in [5, 5.41) is 13.2. The van der Waals surface area contributed by atoms with E-state index in [0.29, 0.717) is 16.6 Å². The zero-order chi connectivity index (χ0) is 12.8. The van der Waals surface area contributed by atoms with Gasteiger partial charge in [0.1, 0.15) is 0 Å². The minimum atomic E-state index is 0. The van der Waals surface area contributed by atoms with Crippen molar-refractivity contribution in [3.63, 3.8) is 0 Å². The maximum absolute atomic E-state index is 8.99. The largest absolute Gasteiger partial charge is 0.395 e. The summed E-state index contributed by atoms with van der Waals surface area (Å²) in [4.78, 5) is 2.08. The molecule has 0 saturated carbocycles. The Kier molecular flexibility index (Phi) is 12.5. The van der Waals surface area contributed by atoms with Gasteiger partial charge in [-0.15, -0.1) is 24.8 Å². The highest BCUT2D eigenvalue weighted by atomic mass is 35.5. The summed E-state index contributed by atoms with van der Waals surface area (Å²) < 4.78 is 0. The predicted octanol–water partition coefficient (Wildman–Crippen LogP) is 3.02.